The highest BCUT2D eigenvalue weighted by Gasteiger charge is 2.11. The van der Waals surface area contributed by atoms with E-state index in [4.69, 9.17) is 5.11 Å². The molecule has 2 N–H and O–H groups in total. The molecule has 128 valence electrons. The van der Waals surface area contributed by atoms with Crippen LogP contribution in [-0.2, 0) is 4.79 Å². The molecule has 0 unspecified atom stereocenters. The molecular weight excluding hydrogens is 304 g/mol. The predicted octanol–water partition coefficient (Wildman–Crippen LogP) is 3.70. The van der Waals surface area contributed by atoms with Crippen LogP contribution in [-0.4, -0.2) is 28.5 Å². The number of unbranched alkanes of at least 4 members (excludes halogenated alkanes) is 4. The fourth-order valence-electron chi connectivity index (χ4n) is 2.72. The van der Waals surface area contributed by atoms with Gasteiger partial charge in [0, 0.05) is 24.0 Å². The second-order valence-electron chi connectivity index (χ2n) is 6.00. The van der Waals surface area contributed by atoms with Crippen molar-refractivity contribution in [2.24, 2.45) is 0 Å². The number of pyridine rings is 1. The van der Waals surface area contributed by atoms with Crippen molar-refractivity contribution in [3.05, 3.63) is 41.6 Å². The van der Waals surface area contributed by atoms with Gasteiger partial charge in [-0.3, -0.25) is 14.6 Å². The molecule has 24 heavy (non-hydrogen) atoms. The van der Waals surface area contributed by atoms with Gasteiger partial charge in [0.1, 0.15) is 0 Å². The Labute approximate surface area is 142 Å². The molecule has 2 aromatic rings. The number of hydrogen-bond acceptors (Lipinski definition) is 3. The van der Waals surface area contributed by atoms with Gasteiger partial charge in [0.2, 0.25) is 0 Å². The minimum atomic E-state index is -0.734. The summed E-state index contributed by atoms with van der Waals surface area (Å²) in [6.45, 7) is 2.52. The lowest BCUT2D eigenvalue weighted by atomic mass is 10.1. The minimum absolute atomic E-state index is 0.0671. The third-order valence-electron chi connectivity index (χ3n) is 3.94. The van der Waals surface area contributed by atoms with E-state index in [1.54, 1.807) is 0 Å². The van der Waals surface area contributed by atoms with Crippen molar-refractivity contribution in [3.8, 4) is 0 Å². The highest BCUT2D eigenvalue weighted by Crippen LogP contribution is 2.18. The average Bonchev–Trinajstić information content (AvgIpc) is 2.56. The van der Waals surface area contributed by atoms with Crippen LogP contribution in [0.5, 0.6) is 0 Å². The molecular formula is C19H24N2O3. The van der Waals surface area contributed by atoms with Crippen molar-refractivity contribution < 1.29 is 14.7 Å². The molecule has 1 amide bonds. The molecule has 0 aliphatic heterocycles. The van der Waals surface area contributed by atoms with Gasteiger partial charge < -0.3 is 10.4 Å². The molecule has 1 aromatic carbocycles. The lowest BCUT2D eigenvalue weighted by Crippen LogP contribution is -2.24. The Morgan fingerprint density at radius 3 is 2.58 bits per heavy atom. The summed E-state index contributed by atoms with van der Waals surface area (Å²) in [5.74, 6) is -0.801. The van der Waals surface area contributed by atoms with E-state index in [2.05, 4.69) is 10.3 Å². The van der Waals surface area contributed by atoms with E-state index in [0.717, 1.165) is 48.7 Å². The Kier molecular flexibility index (Phi) is 6.73. The van der Waals surface area contributed by atoms with Gasteiger partial charge >= 0.3 is 5.97 Å². The number of carboxylic acid groups (broad SMARTS) is 1. The van der Waals surface area contributed by atoms with E-state index >= 15 is 0 Å². The zero-order valence-electron chi connectivity index (χ0n) is 14.0. The number of para-hydroxylation sites is 1. The number of amides is 1. The largest absolute Gasteiger partial charge is 0.481 e. The van der Waals surface area contributed by atoms with Gasteiger partial charge in [-0.15, -0.1) is 0 Å². The van der Waals surface area contributed by atoms with E-state index in [0.29, 0.717) is 12.1 Å². The molecule has 0 radical (unpaired) electrons. The predicted molar refractivity (Wildman–Crippen MR) is 94.2 cm³/mol. The van der Waals surface area contributed by atoms with Crippen molar-refractivity contribution >= 4 is 22.8 Å². The van der Waals surface area contributed by atoms with Gasteiger partial charge in [-0.05, 0) is 31.9 Å². The van der Waals surface area contributed by atoms with Gasteiger partial charge in [0.15, 0.2) is 0 Å². The Morgan fingerprint density at radius 2 is 1.79 bits per heavy atom. The molecule has 0 saturated heterocycles. The first-order chi connectivity index (χ1) is 11.6. The molecule has 0 aliphatic rings. The van der Waals surface area contributed by atoms with Crippen LogP contribution in [0.15, 0.2) is 30.3 Å². The van der Waals surface area contributed by atoms with Crippen molar-refractivity contribution in [2.75, 3.05) is 6.54 Å². The Hall–Kier alpha value is -2.43. The van der Waals surface area contributed by atoms with Gasteiger partial charge in [-0.2, -0.15) is 0 Å². The quantitative estimate of drug-likeness (QED) is 0.688. The van der Waals surface area contributed by atoms with Crippen LogP contribution in [0.4, 0.5) is 0 Å². The zero-order chi connectivity index (χ0) is 17.4. The third-order valence-corrected chi connectivity index (χ3v) is 3.94. The van der Waals surface area contributed by atoms with Crippen molar-refractivity contribution in [1.29, 1.82) is 0 Å². The summed E-state index contributed by atoms with van der Waals surface area (Å²) in [6.07, 6.45) is 4.79. The van der Waals surface area contributed by atoms with E-state index in [9.17, 15) is 9.59 Å². The normalized spacial score (nSPS) is 10.7. The average molecular weight is 328 g/mol. The number of carbonyl (C=O) groups is 2. The lowest BCUT2D eigenvalue weighted by molar-refractivity contribution is -0.137. The number of hydrogen-bond donors (Lipinski definition) is 2. The molecule has 0 spiro atoms. The molecule has 5 nitrogen and oxygen atoms in total. The molecule has 0 saturated carbocycles. The van der Waals surface area contributed by atoms with Crippen molar-refractivity contribution in [1.82, 2.24) is 10.3 Å². The molecule has 2 rings (SSSR count). The monoisotopic (exact) mass is 328 g/mol. The van der Waals surface area contributed by atoms with E-state index in [1.807, 2.05) is 37.3 Å². The second-order valence-corrected chi connectivity index (χ2v) is 6.00. The summed E-state index contributed by atoms with van der Waals surface area (Å²) in [5.41, 5.74) is 2.33. The molecule has 0 fully saturated rings. The number of aromatic nitrogens is 1. The fraction of sp³-hybridized carbons (Fsp3) is 0.421. The Morgan fingerprint density at radius 1 is 1.08 bits per heavy atom. The number of carbonyl (C=O) groups excluding carboxylic acids is 1. The first kappa shape index (κ1) is 17.9. The number of rotatable bonds is 9. The van der Waals surface area contributed by atoms with Crippen LogP contribution in [0.2, 0.25) is 0 Å². The summed E-state index contributed by atoms with van der Waals surface area (Å²) in [7, 11) is 0. The summed E-state index contributed by atoms with van der Waals surface area (Å²) in [4.78, 5) is 27.3. The maximum atomic E-state index is 12.4. The van der Waals surface area contributed by atoms with Crippen LogP contribution >= 0.6 is 0 Å². The highest BCUT2D eigenvalue weighted by atomic mass is 16.4. The fourth-order valence-corrected chi connectivity index (χ4v) is 2.72. The highest BCUT2D eigenvalue weighted by molar-refractivity contribution is 6.06. The summed E-state index contributed by atoms with van der Waals surface area (Å²) in [5, 5.41) is 12.4. The number of fused-ring (bicyclic) bond motifs is 1. The number of nitrogens with zero attached hydrogens (tertiary/aromatic N) is 1. The number of nitrogens with one attached hydrogen (secondary N) is 1. The molecule has 0 bridgehead atoms. The first-order valence-corrected chi connectivity index (χ1v) is 8.44. The summed E-state index contributed by atoms with van der Waals surface area (Å²) < 4.78 is 0. The topological polar surface area (TPSA) is 79.3 Å². The standard InChI is InChI=1S/C19H24N2O3/c1-14-13-16(15-9-6-7-10-17(15)21-14)19(24)20-12-8-4-2-3-5-11-18(22)23/h6-7,9-10,13H,2-5,8,11-12H2,1H3,(H,20,24)(H,22,23). The zero-order valence-corrected chi connectivity index (χ0v) is 14.0. The second kappa shape index (κ2) is 9.01. The maximum Gasteiger partial charge on any atom is 0.303 e. The summed E-state index contributed by atoms with van der Waals surface area (Å²) in [6, 6.07) is 9.48. The van der Waals surface area contributed by atoms with E-state index < -0.39 is 5.97 Å². The number of aryl methyl sites for hydroxylation is 1. The summed E-state index contributed by atoms with van der Waals surface area (Å²) >= 11 is 0. The molecule has 0 aliphatic carbocycles. The van der Waals surface area contributed by atoms with Crippen LogP contribution in [0.3, 0.4) is 0 Å². The number of aliphatic carboxylic acids is 1. The van der Waals surface area contributed by atoms with Gasteiger partial charge in [-0.25, -0.2) is 0 Å². The van der Waals surface area contributed by atoms with Crippen molar-refractivity contribution in [3.63, 3.8) is 0 Å². The molecule has 1 heterocycles. The maximum absolute atomic E-state index is 12.4. The first-order valence-electron chi connectivity index (χ1n) is 8.44. The molecule has 5 heteroatoms. The van der Waals surface area contributed by atoms with Crippen molar-refractivity contribution in [2.45, 2.75) is 45.4 Å². The minimum Gasteiger partial charge on any atom is -0.481 e. The smallest absolute Gasteiger partial charge is 0.303 e. The SMILES string of the molecule is Cc1cc(C(=O)NCCCCCCCC(=O)O)c2ccccc2n1. The molecule has 1 aromatic heterocycles. The number of carboxylic acids is 1. The van der Waals surface area contributed by atoms with Crippen LogP contribution in [0.25, 0.3) is 10.9 Å². The van der Waals surface area contributed by atoms with Crippen LogP contribution < -0.4 is 5.32 Å². The Balaban J connectivity index is 1.78. The Bertz CT molecular complexity index is 713. The molecule has 0 atom stereocenters. The van der Waals surface area contributed by atoms with E-state index in [1.165, 1.54) is 0 Å². The van der Waals surface area contributed by atoms with Gasteiger partial charge in [0.25, 0.3) is 5.91 Å². The van der Waals surface area contributed by atoms with Crippen LogP contribution in [0.1, 0.15) is 54.6 Å². The van der Waals surface area contributed by atoms with Gasteiger partial charge in [-0.1, -0.05) is 37.5 Å². The lowest BCUT2D eigenvalue weighted by Gasteiger charge is -2.09. The third kappa shape index (κ3) is 5.33. The van der Waals surface area contributed by atoms with Crippen LogP contribution in [0, 0.1) is 6.92 Å². The van der Waals surface area contributed by atoms with Gasteiger partial charge in [0.05, 0.1) is 11.1 Å². The van der Waals surface area contributed by atoms with E-state index in [-0.39, 0.29) is 12.3 Å². The number of benzene rings is 1.